The van der Waals surface area contributed by atoms with Gasteiger partial charge in [-0.25, -0.2) is 9.37 Å². The zero-order valence-corrected chi connectivity index (χ0v) is 11.3. The lowest BCUT2D eigenvalue weighted by Crippen LogP contribution is -2.12. The minimum Gasteiger partial charge on any atom is -0.368 e. The lowest BCUT2D eigenvalue weighted by atomic mass is 10.3. The average molecular weight is 351 g/mol. The van der Waals surface area contributed by atoms with E-state index in [0.29, 0.717) is 10.5 Å². The van der Waals surface area contributed by atoms with Gasteiger partial charge in [-0.2, -0.15) is 18.2 Å². The second kappa shape index (κ2) is 5.23. The Kier molecular flexibility index (Phi) is 3.80. The van der Waals surface area contributed by atoms with E-state index in [9.17, 15) is 17.6 Å². The van der Waals surface area contributed by atoms with Gasteiger partial charge in [0.05, 0.1) is 5.69 Å². The number of hydrogen-bond donors (Lipinski definition) is 2. The fourth-order valence-corrected chi connectivity index (χ4v) is 1.77. The van der Waals surface area contributed by atoms with Gasteiger partial charge in [0.25, 0.3) is 0 Å². The predicted octanol–water partition coefficient (Wildman–Crippen LogP) is 3.72. The standard InChI is InChI=1S/C11H7BrF4N4/c12-5-1-2-6(13)7(3-5)18-9-4-8(11(14,15)16)19-10(17)20-9/h1-4H,(H3,17,18,19,20). The molecule has 106 valence electrons. The van der Waals surface area contributed by atoms with E-state index in [1.54, 1.807) is 0 Å². The molecule has 2 rings (SSSR count). The molecule has 1 aromatic carbocycles. The van der Waals surface area contributed by atoms with Crippen molar-refractivity contribution in [1.29, 1.82) is 0 Å². The minimum atomic E-state index is -4.66. The summed E-state index contributed by atoms with van der Waals surface area (Å²) in [5.74, 6) is -1.45. The van der Waals surface area contributed by atoms with Crippen LogP contribution in [0.2, 0.25) is 0 Å². The molecule has 4 nitrogen and oxygen atoms in total. The van der Waals surface area contributed by atoms with Crippen LogP contribution in [-0.4, -0.2) is 9.97 Å². The molecule has 0 atom stereocenters. The smallest absolute Gasteiger partial charge is 0.368 e. The maximum absolute atomic E-state index is 13.5. The highest BCUT2D eigenvalue weighted by Crippen LogP contribution is 2.30. The van der Waals surface area contributed by atoms with E-state index in [1.807, 2.05) is 0 Å². The van der Waals surface area contributed by atoms with E-state index in [1.165, 1.54) is 12.1 Å². The van der Waals surface area contributed by atoms with Crippen molar-refractivity contribution in [2.45, 2.75) is 6.18 Å². The fraction of sp³-hybridized carbons (Fsp3) is 0.0909. The summed E-state index contributed by atoms with van der Waals surface area (Å²) in [6.45, 7) is 0. The molecule has 3 N–H and O–H groups in total. The molecular formula is C11H7BrF4N4. The maximum Gasteiger partial charge on any atom is 0.433 e. The van der Waals surface area contributed by atoms with E-state index in [0.717, 1.165) is 6.07 Å². The van der Waals surface area contributed by atoms with Crippen molar-refractivity contribution in [3.63, 3.8) is 0 Å². The highest BCUT2D eigenvalue weighted by molar-refractivity contribution is 9.10. The topological polar surface area (TPSA) is 63.8 Å². The van der Waals surface area contributed by atoms with Crippen LogP contribution in [0.25, 0.3) is 0 Å². The molecule has 0 amide bonds. The van der Waals surface area contributed by atoms with Crippen LogP contribution in [0.1, 0.15) is 5.69 Å². The first-order chi connectivity index (χ1) is 9.25. The van der Waals surface area contributed by atoms with Gasteiger partial charge in [0.15, 0.2) is 5.69 Å². The van der Waals surface area contributed by atoms with Crippen molar-refractivity contribution in [1.82, 2.24) is 9.97 Å². The second-order valence-corrected chi connectivity index (χ2v) is 4.66. The molecular weight excluding hydrogens is 344 g/mol. The van der Waals surface area contributed by atoms with Gasteiger partial charge in [0.1, 0.15) is 11.6 Å². The third-order valence-corrected chi connectivity index (χ3v) is 2.72. The summed E-state index contributed by atoms with van der Waals surface area (Å²) in [7, 11) is 0. The van der Waals surface area contributed by atoms with E-state index in [2.05, 4.69) is 31.2 Å². The third-order valence-electron chi connectivity index (χ3n) is 2.23. The number of rotatable bonds is 2. The first-order valence-corrected chi connectivity index (χ1v) is 5.99. The number of nitrogens with one attached hydrogen (secondary N) is 1. The highest BCUT2D eigenvalue weighted by atomic mass is 79.9. The van der Waals surface area contributed by atoms with Crippen molar-refractivity contribution in [2.75, 3.05) is 11.1 Å². The Morgan fingerprint density at radius 2 is 1.85 bits per heavy atom. The number of alkyl halides is 3. The number of nitrogen functional groups attached to an aromatic ring is 1. The number of aromatic nitrogens is 2. The molecule has 0 aliphatic carbocycles. The quantitative estimate of drug-likeness (QED) is 0.810. The summed E-state index contributed by atoms with van der Waals surface area (Å²) in [6, 6.07) is 4.62. The minimum absolute atomic E-state index is 0.0365. The summed E-state index contributed by atoms with van der Waals surface area (Å²) in [5, 5.41) is 2.43. The third kappa shape index (κ3) is 3.35. The largest absolute Gasteiger partial charge is 0.433 e. The normalized spacial score (nSPS) is 11.4. The molecule has 20 heavy (non-hydrogen) atoms. The number of benzene rings is 1. The van der Waals surface area contributed by atoms with Gasteiger partial charge in [0, 0.05) is 10.5 Å². The van der Waals surface area contributed by atoms with Gasteiger partial charge in [-0.1, -0.05) is 15.9 Å². The molecule has 0 saturated carbocycles. The summed E-state index contributed by atoms with van der Waals surface area (Å²) in [4.78, 5) is 6.67. The number of anilines is 3. The maximum atomic E-state index is 13.5. The van der Waals surface area contributed by atoms with Gasteiger partial charge in [0.2, 0.25) is 5.95 Å². The zero-order valence-electron chi connectivity index (χ0n) is 9.67. The van der Waals surface area contributed by atoms with Crippen molar-refractivity contribution in [3.05, 3.63) is 40.2 Å². The Balaban J connectivity index is 2.39. The molecule has 1 aromatic heterocycles. The van der Waals surface area contributed by atoms with Crippen molar-refractivity contribution in [2.24, 2.45) is 0 Å². The van der Waals surface area contributed by atoms with Crippen LogP contribution in [0.5, 0.6) is 0 Å². The van der Waals surface area contributed by atoms with Gasteiger partial charge < -0.3 is 11.1 Å². The van der Waals surface area contributed by atoms with Crippen molar-refractivity contribution < 1.29 is 17.6 Å². The van der Waals surface area contributed by atoms with Crippen LogP contribution >= 0.6 is 15.9 Å². The van der Waals surface area contributed by atoms with Crippen LogP contribution in [0.3, 0.4) is 0 Å². The Bertz CT molecular complexity index is 645. The first kappa shape index (κ1) is 14.5. The van der Waals surface area contributed by atoms with Gasteiger partial charge in [-0.3, -0.25) is 0 Å². The highest BCUT2D eigenvalue weighted by Gasteiger charge is 2.33. The Labute approximate surface area is 119 Å². The summed E-state index contributed by atoms with van der Waals surface area (Å²) in [6.07, 6.45) is -4.66. The van der Waals surface area contributed by atoms with Crippen LogP contribution < -0.4 is 11.1 Å². The number of halogens is 5. The molecule has 0 aliphatic rings. The monoisotopic (exact) mass is 350 g/mol. The molecule has 1 heterocycles. The van der Waals surface area contributed by atoms with E-state index in [-0.39, 0.29) is 11.5 Å². The molecule has 2 aromatic rings. The van der Waals surface area contributed by atoms with Crippen molar-refractivity contribution >= 4 is 33.4 Å². The predicted molar refractivity (Wildman–Crippen MR) is 68.8 cm³/mol. The van der Waals surface area contributed by atoms with Crippen molar-refractivity contribution in [3.8, 4) is 0 Å². The Hall–Kier alpha value is -1.90. The number of nitrogens with two attached hydrogens (primary N) is 1. The summed E-state index contributed by atoms with van der Waals surface area (Å²) < 4.78 is 51.8. The molecule has 0 saturated heterocycles. The number of nitrogens with zero attached hydrogens (tertiary/aromatic N) is 2. The Morgan fingerprint density at radius 1 is 1.15 bits per heavy atom. The summed E-state index contributed by atoms with van der Waals surface area (Å²) >= 11 is 3.13. The molecule has 9 heteroatoms. The molecule has 0 fully saturated rings. The van der Waals surface area contributed by atoms with E-state index in [4.69, 9.17) is 5.73 Å². The summed E-state index contributed by atoms with van der Waals surface area (Å²) in [5.41, 5.74) is 3.97. The van der Waals surface area contributed by atoms with Gasteiger partial charge >= 0.3 is 6.18 Å². The Morgan fingerprint density at radius 3 is 2.50 bits per heavy atom. The molecule has 0 aliphatic heterocycles. The first-order valence-electron chi connectivity index (χ1n) is 5.19. The molecule has 0 bridgehead atoms. The fourth-order valence-electron chi connectivity index (χ4n) is 1.41. The van der Waals surface area contributed by atoms with Gasteiger partial charge in [-0.15, -0.1) is 0 Å². The van der Waals surface area contributed by atoms with Crippen LogP contribution in [0, 0.1) is 5.82 Å². The molecule has 0 spiro atoms. The molecule has 0 unspecified atom stereocenters. The van der Waals surface area contributed by atoms with Crippen LogP contribution in [0.4, 0.5) is 35.0 Å². The number of hydrogen-bond acceptors (Lipinski definition) is 4. The second-order valence-electron chi connectivity index (χ2n) is 3.74. The zero-order chi connectivity index (χ0) is 14.9. The van der Waals surface area contributed by atoms with E-state index >= 15 is 0 Å². The van der Waals surface area contributed by atoms with Gasteiger partial charge in [-0.05, 0) is 18.2 Å². The lowest BCUT2D eigenvalue weighted by molar-refractivity contribution is -0.141. The average Bonchev–Trinajstić information content (AvgIpc) is 2.32. The van der Waals surface area contributed by atoms with Crippen LogP contribution in [0.15, 0.2) is 28.7 Å². The van der Waals surface area contributed by atoms with E-state index < -0.39 is 23.6 Å². The molecule has 0 radical (unpaired) electrons. The van der Waals surface area contributed by atoms with Crippen LogP contribution in [-0.2, 0) is 6.18 Å². The SMILES string of the molecule is Nc1nc(Nc2cc(Br)ccc2F)cc(C(F)(F)F)n1. The lowest BCUT2D eigenvalue weighted by Gasteiger charge is -2.11.